The number of anilines is 1. The normalized spacial score (nSPS) is 19.0. The van der Waals surface area contributed by atoms with E-state index in [-0.39, 0.29) is 29.6 Å². The second-order valence-corrected chi connectivity index (χ2v) is 9.49. The van der Waals surface area contributed by atoms with Gasteiger partial charge in [-0.25, -0.2) is 13.9 Å². The van der Waals surface area contributed by atoms with Crippen molar-refractivity contribution >= 4 is 23.2 Å². The van der Waals surface area contributed by atoms with Crippen molar-refractivity contribution in [1.82, 2.24) is 24.9 Å². The fourth-order valence-corrected chi connectivity index (χ4v) is 4.92. The van der Waals surface area contributed by atoms with Crippen LogP contribution in [0.5, 0.6) is 0 Å². The van der Waals surface area contributed by atoms with Gasteiger partial charge in [-0.15, -0.1) is 0 Å². The Kier molecular flexibility index (Phi) is 6.94. The van der Waals surface area contributed by atoms with Gasteiger partial charge in [0.05, 0.1) is 18.4 Å². The highest BCUT2D eigenvalue weighted by atomic mass is 19.1. The first kappa shape index (κ1) is 24.5. The summed E-state index contributed by atoms with van der Waals surface area (Å²) >= 11 is 0. The Morgan fingerprint density at radius 2 is 1.95 bits per heavy atom. The van der Waals surface area contributed by atoms with Gasteiger partial charge in [0.2, 0.25) is 0 Å². The first-order valence-corrected chi connectivity index (χ1v) is 12.5. The van der Waals surface area contributed by atoms with Gasteiger partial charge in [0, 0.05) is 30.0 Å². The molecule has 0 radical (unpaired) electrons. The highest BCUT2D eigenvalue weighted by Gasteiger charge is 2.31. The van der Waals surface area contributed by atoms with E-state index < -0.39 is 0 Å². The molecule has 3 aromatic heterocycles. The van der Waals surface area contributed by atoms with Gasteiger partial charge in [-0.05, 0) is 57.2 Å². The summed E-state index contributed by atoms with van der Waals surface area (Å²) in [4.78, 5) is 34.7. The van der Waals surface area contributed by atoms with E-state index in [0.717, 1.165) is 48.4 Å². The molecule has 6 rings (SSSR count). The van der Waals surface area contributed by atoms with Crippen molar-refractivity contribution in [2.24, 2.45) is 0 Å². The minimum absolute atomic E-state index is 0.0271. The zero-order valence-corrected chi connectivity index (χ0v) is 20.9. The molecule has 0 spiro atoms. The lowest BCUT2D eigenvalue weighted by molar-refractivity contribution is 0.0939. The van der Waals surface area contributed by atoms with Crippen molar-refractivity contribution in [2.45, 2.75) is 51.6 Å². The third kappa shape index (κ3) is 5.21. The zero-order chi connectivity index (χ0) is 25.9. The van der Waals surface area contributed by atoms with Crippen LogP contribution in [0.15, 0.2) is 61.1 Å². The lowest BCUT2D eigenvalue weighted by Gasteiger charge is -2.27. The maximum Gasteiger partial charge on any atom is 0.256 e. The standard InChI is InChI=1S/C20H21FN6O.C8H8O/c1-12-4-5-16-14(9-13(21)10-22-16)17-3-2-7-26(17)18-6-8-27-19(25-18)15(11-23-27)20(28)24-12;1-7(9)8-5-3-2-4-6-8/h6,8-12,17H,2-5,7H2,1H3,(H,24,28);2-6H,1H3/t12-,17-;/m1./s1. The van der Waals surface area contributed by atoms with Crippen molar-refractivity contribution in [3.8, 4) is 0 Å². The van der Waals surface area contributed by atoms with Crippen LogP contribution in [-0.2, 0) is 6.42 Å². The summed E-state index contributed by atoms with van der Waals surface area (Å²) in [5, 5.41) is 7.27. The zero-order valence-electron chi connectivity index (χ0n) is 20.9. The molecule has 2 aliphatic rings. The van der Waals surface area contributed by atoms with E-state index in [9.17, 15) is 14.0 Å². The number of aromatic nitrogens is 4. The number of nitrogens with one attached hydrogen (secondary N) is 1. The monoisotopic (exact) mass is 500 g/mol. The number of fused-ring (bicyclic) bond motifs is 5. The Morgan fingerprint density at radius 1 is 1.14 bits per heavy atom. The number of amides is 1. The highest BCUT2D eigenvalue weighted by Crippen LogP contribution is 2.37. The molecule has 1 fully saturated rings. The Hall–Kier alpha value is -4.14. The molecule has 8 nitrogen and oxygen atoms in total. The number of hydrogen-bond acceptors (Lipinski definition) is 6. The van der Waals surface area contributed by atoms with E-state index in [1.165, 1.54) is 6.20 Å². The van der Waals surface area contributed by atoms with Crippen LogP contribution in [0.3, 0.4) is 0 Å². The van der Waals surface area contributed by atoms with Gasteiger partial charge in [0.15, 0.2) is 11.4 Å². The summed E-state index contributed by atoms with van der Waals surface area (Å²) in [5.41, 5.74) is 3.58. The molecular weight excluding hydrogens is 471 g/mol. The number of Topliss-reactive ketones (excluding diaryl/α,β-unsaturated/α-hetero) is 1. The average Bonchev–Trinajstić information content (AvgIpc) is 3.55. The van der Waals surface area contributed by atoms with Crippen molar-refractivity contribution in [3.63, 3.8) is 0 Å². The number of rotatable bonds is 1. The molecule has 1 aromatic carbocycles. The number of carbonyl (C=O) groups excluding carboxylic acids is 2. The largest absolute Gasteiger partial charge is 0.349 e. The third-order valence-electron chi connectivity index (χ3n) is 6.85. The number of hydrogen-bond donors (Lipinski definition) is 1. The van der Waals surface area contributed by atoms with E-state index in [1.54, 1.807) is 23.7 Å². The molecule has 2 atom stereocenters. The number of halogens is 1. The molecule has 0 aliphatic carbocycles. The molecule has 1 saturated heterocycles. The van der Waals surface area contributed by atoms with E-state index in [0.29, 0.717) is 17.6 Å². The summed E-state index contributed by atoms with van der Waals surface area (Å²) in [6, 6.07) is 12.7. The topological polar surface area (TPSA) is 92.5 Å². The summed E-state index contributed by atoms with van der Waals surface area (Å²) in [7, 11) is 0. The second-order valence-electron chi connectivity index (χ2n) is 9.49. The minimum Gasteiger partial charge on any atom is -0.349 e. The summed E-state index contributed by atoms with van der Waals surface area (Å²) in [6.07, 6.45) is 7.97. The lowest BCUT2D eigenvalue weighted by Crippen LogP contribution is -2.33. The van der Waals surface area contributed by atoms with Crippen LogP contribution in [0, 0.1) is 5.82 Å². The van der Waals surface area contributed by atoms with E-state index in [4.69, 9.17) is 4.98 Å². The molecule has 1 amide bonds. The summed E-state index contributed by atoms with van der Waals surface area (Å²) in [6.45, 7) is 4.36. The SMILES string of the molecule is CC(=O)c1ccccc1.C[C@@H]1CCc2ncc(F)cc2[C@H]2CCCN2c2ccn3ncc(c3n2)C(=O)N1. The third-order valence-corrected chi connectivity index (χ3v) is 6.85. The first-order chi connectivity index (χ1) is 17.9. The molecule has 9 heteroatoms. The van der Waals surface area contributed by atoms with Crippen LogP contribution in [0.4, 0.5) is 10.2 Å². The number of ketones is 1. The van der Waals surface area contributed by atoms with Gasteiger partial charge in [-0.2, -0.15) is 5.10 Å². The molecule has 4 aromatic rings. The number of pyridine rings is 1. The van der Waals surface area contributed by atoms with Gasteiger partial charge < -0.3 is 10.2 Å². The molecule has 1 N–H and O–H groups in total. The Bertz CT molecular complexity index is 1440. The van der Waals surface area contributed by atoms with E-state index in [1.807, 2.05) is 49.5 Å². The number of aryl methyl sites for hydroxylation is 1. The second kappa shape index (κ2) is 10.5. The van der Waals surface area contributed by atoms with Crippen LogP contribution in [0.1, 0.15) is 71.1 Å². The quantitative estimate of drug-likeness (QED) is 0.385. The molecule has 37 heavy (non-hydrogen) atoms. The predicted molar refractivity (Wildman–Crippen MR) is 138 cm³/mol. The van der Waals surface area contributed by atoms with E-state index >= 15 is 0 Å². The first-order valence-electron chi connectivity index (χ1n) is 12.5. The highest BCUT2D eigenvalue weighted by molar-refractivity contribution is 6.00. The molecule has 0 saturated carbocycles. The van der Waals surface area contributed by atoms with Gasteiger partial charge in [0.1, 0.15) is 17.2 Å². The Morgan fingerprint density at radius 3 is 2.70 bits per heavy atom. The fraction of sp³-hybridized carbons (Fsp3) is 0.321. The number of nitrogens with zero attached hydrogens (tertiary/aromatic N) is 5. The van der Waals surface area contributed by atoms with Crippen molar-refractivity contribution in [3.05, 3.63) is 89.3 Å². The van der Waals surface area contributed by atoms with Crippen LogP contribution >= 0.6 is 0 Å². The maximum atomic E-state index is 14.1. The molecule has 0 unspecified atom stereocenters. The van der Waals surface area contributed by atoms with Crippen molar-refractivity contribution in [2.75, 3.05) is 11.4 Å². The van der Waals surface area contributed by atoms with Gasteiger partial charge in [-0.1, -0.05) is 30.3 Å². The molecule has 2 bridgehead atoms. The van der Waals surface area contributed by atoms with Gasteiger partial charge >= 0.3 is 0 Å². The minimum atomic E-state index is -0.322. The van der Waals surface area contributed by atoms with E-state index in [2.05, 4.69) is 20.3 Å². The molecule has 5 heterocycles. The summed E-state index contributed by atoms with van der Waals surface area (Å²) < 4.78 is 15.7. The molecule has 2 aliphatic heterocycles. The summed E-state index contributed by atoms with van der Waals surface area (Å²) in [5.74, 6) is 0.386. The Labute approximate surface area is 214 Å². The molecule has 190 valence electrons. The van der Waals surface area contributed by atoms with Crippen LogP contribution in [0.25, 0.3) is 5.65 Å². The fourth-order valence-electron chi connectivity index (χ4n) is 4.92. The smallest absolute Gasteiger partial charge is 0.256 e. The maximum absolute atomic E-state index is 14.1. The van der Waals surface area contributed by atoms with Crippen molar-refractivity contribution in [1.29, 1.82) is 0 Å². The van der Waals surface area contributed by atoms with Gasteiger partial charge in [0.25, 0.3) is 5.91 Å². The Balaban J connectivity index is 0.000000265. The number of benzene rings is 1. The van der Waals surface area contributed by atoms with Crippen LogP contribution < -0.4 is 10.2 Å². The average molecular weight is 501 g/mol. The lowest BCUT2D eigenvalue weighted by atomic mass is 9.98. The van der Waals surface area contributed by atoms with Gasteiger partial charge in [-0.3, -0.25) is 14.6 Å². The van der Waals surface area contributed by atoms with Crippen LogP contribution in [0.2, 0.25) is 0 Å². The predicted octanol–water partition coefficient (Wildman–Crippen LogP) is 4.56. The number of carbonyl (C=O) groups is 2. The van der Waals surface area contributed by atoms with Crippen LogP contribution in [-0.4, -0.2) is 43.9 Å². The molecular formula is C28H29FN6O2. The van der Waals surface area contributed by atoms with Crippen molar-refractivity contribution < 1.29 is 14.0 Å².